The zero-order chi connectivity index (χ0) is 13.5. The van der Waals surface area contributed by atoms with Gasteiger partial charge in [0.25, 0.3) is 0 Å². The molecular formula is C10H15BO6. The fraction of sp³-hybridized carbons (Fsp3) is 0.800. The Balaban J connectivity index is 2.35. The highest BCUT2D eigenvalue weighted by atomic mass is 16.6. The fourth-order valence-corrected chi connectivity index (χ4v) is 1.55. The molecule has 2 radical (unpaired) electrons. The maximum atomic E-state index is 11.5. The van der Waals surface area contributed by atoms with E-state index in [-0.39, 0.29) is 19.4 Å². The monoisotopic (exact) mass is 244 g/mol. The molecule has 0 bridgehead atoms. The Morgan fingerprint density at radius 3 is 2.88 bits per heavy atom. The van der Waals surface area contributed by atoms with Gasteiger partial charge in [-0.15, -0.1) is 0 Å². The second-order valence-corrected chi connectivity index (χ2v) is 3.72. The van der Waals surface area contributed by atoms with E-state index < -0.39 is 30.1 Å². The van der Waals surface area contributed by atoms with E-state index in [9.17, 15) is 9.59 Å². The van der Waals surface area contributed by atoms with Crippen LogP contribution in [0.3, 0.4) is 0 Å². The second kappa shape index (κ2) is 6.61. The van der Waals surface area contributed by atoms with Crippen LogP contribution >= 0.6 is 0 Å². The highest BCUT2D eigenvalue weighted by Crippen LogP contribution is 2.21. The highest BCUT2D eigenvalue weighted by Gasteiger charge is 2.34. The molecule has 1 N–H and O–H groups in total. The van der Waals surface area contributed by atoms with E-state index in [1.165, 1.54) is 7.11 Å². The standard InChI is InChI=1S/C10H15BO6/c1-15-9(13)2-3-10(14)17-6-4-8(11)16-7(6)5-12/h6-8,12H,2-5H2,1H3/i12T. The summed E-state index contributed by atoms with van der Waals surface area (Å²) < 4.78 is 21.4. The van der Waals surface area contributed by atoms with E-state index in [1.54, 1.807) is 0 Å². The van der Waals surface area contributed by atoms with Crippen LogP contribution in [-0.4, -0.2) is 58.3 Å². The number of ether oxygens (including phenoxy) is 3. The summed E-state index contributed by atoms with van der Waals surface area (Å²) in [6.45, 7) is -0.0252. The predicted octanol–water partition coefficient (Wildman–Crippen LogP) is -0.873. The third-order valence-electron chi connectivity index (χ3n) is 2.44. The molecule has 1 aliphatic heterocycles. The molecule has 94 valence electrons. The Hall–Kier alpha value is -1.08. The van der Waals surface area contributed by atoms with Crippen molar-refractivity contribution in [1.82, 2.24) is 0 Å². The summed E-state index contributed by atoms with van der Waals surface area (Å²) in [5.41, 5.74) is 0. The number of carbonyl (C=O) groups is 2. The van der Waals surface area contributed by atoms with Crippen LogP contribution < -0.4 is 0 Å². The maximum absolute atomic E-state index is 11.5. The highest BCUT2D eigenvalue weighted by molar-refractivity contribution is 6.11. The average Bonchev–Trinajstić information content (AvgIpc) is 2.67. The van der Waals surface area contributed by atoms with E-state index in [2.05, 4.69) is 9.85 Å². The van der Waals surface area contributed by atoms with Gasteiger partial charge in [-0.2, -0.15) is 0 Å². The number of aliphatic hydroxyl groups excluding tert-OH is 1. The smallest absolute Gasteiger partial charge is 0.306 e. The van der Waals surface area contributed by atoms with Crippen LogP contribution in [0.2, 0.25) is 0 Å². The SMILES string of the molecule is [3H]OCC1OC([B])CC1OC(=O)CCC(=O)OC. The molecule has 7 heteroatoms. The quantitative estimate of drug-likeness (QED) is 0.483. The van der Waals surface area contributed by atoms with Crippen LogP contribution in [0.5, 0.6) is 0 Å². The molecule has 0 spiro atoms. The molecule has 1 rings (SSSR count). The Bertz CT molecular complexity index is 300. The summed E-state index contributed by atoms with van der Waals surface area (Å²) in [5, 5.41) is 4.21. The molecule has 1 heterocycles. The van der Waals surface area contributed by atoms with Crippen molar-refractivity contribution in [3.8, 4) is 0 Å². The molecule has 3 unspecified atom stereocenters. The van der Waals surface area contributed by atoms with E-state index in [1.807, 2.05) is 0 Å². The molecule has 17 heavy (non-hydrogen) atoms. The number of methoxy groups -OCH3 is 1. The predicted molar refractivity (Wildman–Crippen MR) is 57.2 cm³/mol. The molecular weight excluding hydrogens is 227 g/mol. The van der Waals surface area contributed by atoms with E-state index in [4.69, 9.17) is 18.8 Å². The lowest BCUT2D eigenvalue weighted by Gasteiger charge is -2.16. The molecule has 0 aromatic carbocycles. The number of aliphatic hydroxyl groups is 1. The Labute approximate surface area is 102 Å². The molecule has 0 saturated carbocycles. The van der Waals surface area contributed by atoms with Crippen LogP contribution in [0.4, 0.5) is 0 Å². The lowest BCUT2D eigenvalue weighted by Crippen LogP contribution is -2.30. The first-order valence-corrected chi connectivity index (χ1v) is 5.32. The number of rotatable bonds is 6. The first kappa shape index (κ1) is 12.4. The summed E-state index contributed by atoms with van der Waals surface area (Å²) >= 11 is 0. The summed E-state index contributed by atoms with van der Waals surface area (Å²) in [6.07, 6.45) is -0.838. The van der Waals surface area contributed by atoms with E-state index in [0.29, 0.717) is 6.42 Å². The number of carbonyl (C=O) groups excluding carboxylic acids is 2. The zero-order valence-electron chi connectivity index (χ0n) is 10.6. The van der Waals surface area contributed by atoms with Crippen LogP contribution in [0.25, 0.3) is 0 Å². The minimum absolute atomic E-state index is 0.0252. The Kier molecular flexibility index (Phi) is 4.81. The van der Waals surface area contributed by atoms with Gasteiger partial charge in [-0.1, -0.05) is 0 Å². The number of esters is 2. The zero-order valence-corrected chi connectivity index (χ0v) is 9.59. The molecule has 1 fully saturated rings. The normalized spacial score (nSPS) is 28.5. The number of hydrogen-bond acceptors (Lipinski definition) is 6. The van der Waals surface area contributed by atoms with Crippen molar-refractivity contribution in [3.05, 3.63) is 0 Å². The second-order valence-electron chi connectivity index (χ2n) is 3.72. The summed E-state index contributed by atoms with van der Waals surface area (Å²) in [7, 11) is 6.81. The lowest BCUT2D eigenvalue weighted by molar-refractivity contribution is -0.155. The maximum Gasteiger partial charge on any atom is 0.306 e. The Morgan fingerprint density at radius 2 is 2.24 bits per heavy atom. The molecule has 0 aliphatic carbocycles. The van der Waals surface area contributed by atoms with Gasteiger partial charge in [-0.25, -0.2) is 0 Å². The van der Waals surface area contributed by atoms with Gasteiger partial charge in [0, 0.05) is 12.4 Å². The van der Waals surface area contributed by atoms with Crippen molar-refractivity contribution in [2.75, 3.05) is 13.7 Å². The van der Waals surface area contributed by atoms with Crippen LogP contribution in [0.1, 0.15) is 19.3 Å². The van der Waals surface area contributed by atoms with Crippen molar-refractivity contribution in [1.29, 1.82) is 1.43 Å². The molecule has 1 saturated heterocycles. The van der Waals surface area contributed by atoms with Gasteiger partial charge in [-0.3, -0.25) is 9.59 Å². The molecule has 3 atom stereocenters. The van der Waals surface area contributed by atoms with Gasteiger partial charge < -0.3 is 19.3 Å². The van der Waals surface area contributed by atoms with Gasteiger partial charge in [0.2, 0.25) is 1.43 Å². The summed E-state index contributed by atoms with van der Waals surface area (Å²) in [6, 6.07) is -0.538. The largest absolute Gasteiger partial charge is 0.469 e. The van der Waals surface area contributed by atoms with Crippen molar-refractivity contribution < 1.29 is 28.9 Å². The third kappa shape index (κ3) is 4.36. The minimum atomic E-state index is -0.546. The van der Waals surface area contributed by atoms with E-state index in [0.717, 1.165) is 0 Å². The van der Waals surface area contributed by atoms with Crippen LogP contribution in [-0.2, 0) is 23.8 Å². The van der Waals surface area contributed by atoms with Crippen LogP contribution in [0, 0.1) is 0 Å². The molecule has 0 amide bonds. The first-order valence-electron chi connectivity index (χ1n) is 5.73. The third-order valence-corrected chi connectivity index (χ3v) is 2.44. The van der Waals surface area contributed by atoms with Crippen molar-refractivity contribution in [3.63, 3.8) is 0 Å². The fourth-order valence-electron chi connectivity index (χ4n) is 1.55. The van der Waals surface area contributed by atoms with Crippen molar-refractivity contribution in [2.24, 2.45) is 0 Å². The minimum Gasteiger partial charge on any atom is -0.469 e. The van der Waals surface area contributed by atoms with Gasteiger partial charge in [0.15, 0.2) is 0 Å². The van der Waals surface area contributed by atoms with Gasteiger partial charge >= 0.3 is 11.9 Å². The van der Waals surface area contributed by atoms with E-state index >= 15 is 0 Å². The molecule has 0 aromatic heterocycles. The van der Waals surface area contributed by atoms with Gasteiger partial charge in [0.05, 0.1) is 26.6 Å². The molecule has 6 nitrogen and oxygen atoms in total. The molecule has 1 aliphatic rings. The molecule has 0 aromatic rings. The first-order chi connectivity index (χ1) is 8.56. The van der Waals surface area contributed by atoms with Crippen molar-refractivity contribution >= 4 is 19.8 Å². The summed E-state index contributed by atoms with van der Waals surface area (Å²) in [5.74, 6) is -1.00. The topological polar surface area (TPSA) is 82.1 Å². The Morgan fingerprint density at radius 1 is 1.53 bits per heavy atom. The average molecular weight is 244 g/mol. The van der Waals surface area contributed by atoms with Crippen molar-refractivity contribution in [2.45, 2.75) is 37.5 Å². The number of hydrogen-bond donors (Lipinski definition) is 1. The van der Waals surface area contributed by atoms with Gasteiger partial charge in [-0.05, 0) is 0 Å². The van der Waals surface area contributed by atoms with Gasteiger partial charge in [0.1, 0.15) is 20.1 Å². The lowest BCUT2D eigenvalue weighted by atomic mass is 9.96. The van der Waals surface area contributed by atoms with Crippen LogP contribution in [0.15, 0.2) is 0 Å². The summed E-state index contributed by atoms with van der Waals surface area (Å²) in [4.78, 5) is 22.3.